The highest BCUT2D eigenvalue weighted by atomic mass is 32.1. The van der Waals surface area contributed by atoms with Gasteiger partial charge in [0.1, 0.15) is 5.69 Å². The first-order valence-corrected chi connectivity index (χ1v) is 6.00. The summed E-state index contributed by atoms with van der Waals surface area (Å²) in [5.74, 6) is -0.0737. The van der Waals surface area contributed by atoms with Crippen LogP contribution in [0.2, 0.25) is 0 Å². The molecule has 1 saturated heterocycles. The van der Waals surface area contributed by atoms with Gasteiger partial charge in [0.25, 0.3) is 5.91 Å². The topological polar surface area (TPSA) is 51.2 Å². The van der Waals surface area contributed by atoms with Crippen molar-refractivity contribution in [2.75, 3.05) is 6.61 Å². The highest BCUT2D eigenvalue weighted by Crippen LogP contribution is 2.13. The van der Waals surface area contributed by atoms with Crippen LogP contribution in [0.25, 0.3) is 0 Å². The van der Waals surface area contributed by atoms with E-state index in [4.69, 9.17) is 4.74 Å². The van der Waals surface area contributed by atoms with E-state index in [1.54, 1.807) is 10.9 Å². The Morgan fingerprint density at radius 3 is 3.27 bits per heavy atom. The van der Waals surface area contributed by atoms with Crippen LogP contribution in [-0.4, -0.2) is 29.6 Å². The lowest BCUT2D eigenvalue weighted by atomic mass is 10.0. The number of nitrogens with zero attached hydrogens (tertiary/aromatic N) is 1. The van der Waals surface area contributed by atoms with Crippen LogP contribution in [0, 0.1) is 0 Å². The number of rotatable bonds is 2. The molecule has 1 aromatic rings. The van der Waals surface area contributed by atoms with Gasteiger partial charge in [-0.05, 0) is 19.8 Å². The molecule has 1 aliphatic heterocycles. The Balaban J connectivity index is 1.89. The average Bonchev–Trinajstić information content (AvgIpc) is 2.70. The van der Waals surface area contributed by atoms with Gasteiger partial charge in [0, 0.05) is 18.0 Å². The van der Waals surface area contributed by atoms with Gasteiger partial charge in [0.2, 0.25) is 0 Å². The molecule has 2 unspecified atom stereocenters. The first kappa shape index (κ1) is 10.6. The predicted molar refractivity (Wildman–Crippen MR) is 58.0 cm³/mol. The fraction of sp³-hybridized carbons (Fsp3) is 0.600. The maximum atomic E-state index is 11.7. The second kappa shape index (κ2) is 4.72. The van der Waals surface area contributed by atoms with E-state index in [-0.39, 0.29) is 18.1 Å². The van der Waals surface area contributed by atoms with E-state index in [9.17, 15) is 4.79 Å². The molecule has 1 N–H and O–H groups in total. The van der Waals surface area contributed by atoms with E-state index < -0.39 is 0 Å². The van der Waals surface area contributed by atoms with E-state index in [2.05, 4.69) is 10.3 Å². The van der Waals surface area contributed by atoms with Crippen molar-refractivity contribution in [3.8, 4) is 0 Å². The minimum atomic E-state index is -0.0737. The zero-order valence-corrected chi connectivity index (χ0v) is 9.42. The molecular weight excluding hydrogens is 212 g/mol. The van der Waals surface area contributed by atoms with Crippen LogP contribution in [0.3, 0.4) is 0 Å². The Kier molecular flexibility index (Phi) is 3.33. The quantitative estimate of drug-likeness (QED) is 0.830. The highest BCUT2D eigenvalue weighted by molar-refractivity contribution is 7.07. The fourth-order valence-corrected chi connectivity index (χ4v) is 2.25. The molecule has 15 heavy (non-hydrogen) atoms. The van der Waals surface area contributed by atoms with E-state index >= 15 is 0 Å². The molecule has 5 heteroatoms. The number of nitrogens with one attached hydrogen (secondary N) is 1. The van der Waals surface area contributed by atoms with Crippen molar-refractivity contribution in [1.29, 1.82) is 0 Å². The third kappa shape index (κ3) is 2.76. The SMILES string of the molecule is CC1CC(NC(=O)c2cscn2)CCO1. The van der Waals surface area contributed by atoms with Gasteiger partial charge in [0.15, 0.2) is 0 Å². The van der Waals surface area contributed by atoms with Crippen LogP contribution in [0.15, 0.2) is 10.9 Å². The van der Waals surface area contributed by atoms with Crippen LogP contribution in [0.4, 0.5) is 0 Å². The Hall–Kier alpha value is -0.940. The summed E-state index contributed by atoms with van der Waals surface area (Å²) < 4.78 is 5.42. The van der Waals surface area contributed by atoms with E-state index in [1.807, 2.05) is 6.92 Å². The van der Waals surface area contributed by atoms with E-state index in [1.165, 1.54) is 11.3 Å². The Bertz CT molecular complexity index is 326. The van der Waals surface area contributed by atoms with E-state index in [0.717, 1.165) is 19.4 Å². The monoisotopic (exact) mass is 226 g/mol. The summed E-state index contributed by atoms with van der Waals surface area (Å²) >= 11 is 1.43. The Morgan fingerprint density at radius 1 is 1.73 bits per heavy atom. The molecule has 0 radical (unpaired) electrons. The van der Waals surface area contributed by atoms with Crippen molar-refractivity contribution in [2.45, 2.75) is 31.9 Å². The molecule has 0 saturated carbocycles. The third-order valence-corrected chi connectivity index (χ3v) is 3.07. The molecule has 0 aromatic carbocycles. The molecular formula is C10H14N2O2S. The molecule has 2 rings (SSSR count). The van der Waals surface area contributed by atoms with Gasteiger partial charge in [0.05, 0.1) is 11.6 Å². The van der Waals surface area contributed by atoms with Crippen molar-refractivity contribution in [2.24, 2.45) is 0 Å². The van der Waals surface area contributed by atoms with Gasteiger partial charge in [-0.3, -0.25) is 4.79 Å². The molecule has 0 aliphatic carbocycles. The number of thiazole rings is 1. The van der Waals surface area contributed by atoms with E-state index in [0.29, 0.717) is 5.69 Å². The minimum Gasteiger partial charge on any atom is -0.378 e. The summed E-state index contributed by atoms with van der Waals surface area (Å²) in [5.41, 5.74) is 2.18. The third-order valence-electron chi connectivity index (χ3n) is 2.49. The van der Waals surface area contributed by atoms with Crippen LogP contribution in [-0.2, 0) is 4.74 Å². The van der Waals surface area contributed by atoms with Gasteiger partial charge in [-0.25, -0.2) is 4.98 Å². The smallest absolute Gasteiger partial charge is 0.270 e. The van der Waals surface area contributed by atoms with Crippen molar-refractivity contribution in [1.82, 2.24) is 10.3 Å². The number of aromatic nitrogens is 1. The second-order valence-electron chi connectivity index (χ2n) is 3.75. The number of amides is 1. The zero-order chi connectivity index (χ0) is 10.7. The predicted octanol–water partition coefficient (Wildman–Crippen LogP) is 1.44. The normalized spacial score (nSPS) is 26.2. The number of hydrogen-bond acceptors (Lipinski definition) is 4. The molecule has 1 aliphatic rings. The maximum Gasteiger partial charge on any atom is 0.270 e. The number of hydrogen-bond donors (Lipinski definition) is 1. The molecule has 1 aromatic heterocycles. The summed E-state index contributed by atoms with van der Waals surface area (Å²) in [7, 11) is 0. The van der Waals surface area contributed by atoms with Crippen LogP contribution in [0.5, 0.6) is 0 Å². The molecule has 0 spiro atoms. The molecule has 4 nitrogen and oxygen atoms in total. The lowest BCUT2D eigenvalue weighted by Crippen LogP contribution is -2.41. The summed E-state index contributed by atoms with van der Waals surface area (Å²) in [4.78, 5) is 15.6. The summed E-state index contributed by atoms with van der Waals surface area (Å²) in [5, 5.41) is 4.74. The van der Waals surface area contributed by atoms with Crippen molar-refractivity contribution in [3.05, 3.63) is 16.6 Å². The number of carbonyl (C=O) groups excluding carboxylic acids is 1. The van der Waals surface area contributed by atoms with Crippen molar-refractivity contribution < 1.29 is 9.53 Å². The van der Waals surface area contributed by atoms with Crippen molar-refractivity contribution in [3.63, 3.8) is 0 Å². The number of ether oxygens (including phenoxy) is 1. The summed E-state index contributed by atoms with van der Waals surface area (Å²) in [6, 6.07) is 0.225. The van der Waals surface area contributed by atoms with Gasteiger partial charge >= 0.3 is 0 Å². The lowest BCUT2D eigenvalue weighted by Gasteiger charge is -2.27. The van der Waals surface area contributed by atoms with Crippen LogP contribution < -0.4 is 5.32 Å². The summed E-state index contributed by atoms with van der Waals surface area (Å²) in [6.07, 6.45) is 2.01. The standard InChI is InChI=1S/C10H14N2O2S/c1-7-4-8(2-3-14-7)12-10(13)9-5-15-6-11-9/h5-8H,2-4H2,1H3,(H,12,13). The molecule has 1 amide bonds. The number of carbonyl (C=O) groups is 1. The van der Waals surface area contributed by atoms with Crippen LogP contribution in [0.1, 0.15) is 30.3 Å². The average molecular weight is 226 g/mol. The second-order valence-corrected chi connectivity index (χ2v) is 4.47. The molecule has 0 bridgehead atoms. The van der Waals surface area contributed by atoms with Gasteiger partial charge < -0.3 is 10.1 Å². The first-order chi connectivity index (χ1) is 7.25. The Morgan fingerprint density at radius 2 is 2.60 bits per heavy atom. The Labute approximate surface area is 92.7 Å². The van der Waals surface area contributed by atoms with Gasteiger partial charge in [-0.15, -0.1) is 11.3 Å². The van der Waals surface area contributed by atoms with Crippen LogP contribution >= 0.6 is 11.3 Å². The van der Waals surface area contributed by atoms with Gasteiger partial charge in [-0.1, -0.05) is 0 Å². The molecule has 2 atom stereocenters. The maximum absolute atomic E-state index is 11.7. The first-order valence-electron chi connectivity index (χ1n) is 5.06. The fourth-order valence-electron chi connectivity index (χ4n) is 1.71. The molecule has 2 heterocycles. The zero-order valence-electron chi connectivity index (χ0n) is 8.60. The highest BCUT2D eigenvalue weighted by Gasteiger charge is 2.21. The lowest BCUT2D eigenvalue weighted by molar-refractivity contribution is 0.0136. The van der Waals surface area contributed by atoms with Gasteiger partial charge in [-0.2, -0.15) is 0 Å². The summed E-state index contributed by atoms with van der Waals surface area (Å²) in [6.45, 7) is 2.75. The molecule has 1 fully saturated rings. The largest absolute Gasteiger partial charge is 0.378 e. The van der Waals surface area contributed by atoms with Crippen molar-refractivity contribution >= 4 is 17.2 Å². The minimum absolute atomic E-state index is 0.0737. The molecule has 82 valence electrons.